The average molecular weight is 303 g/mol. The van der Waals surface area contributed by atoms with Crippen molar-refractivity contribution in [3.05, 3.63) is 45.8 Å². The molecule has 1 fully saturated rings. The Morgan fingerprint density at radius 3 is 2.90 bits per heavy atom. The highest BCUT2D eigenvalue weighted by Gasteiger charge is 2.30. The average Bonchev–Trinajstić information content (AvgIpc) is 3.12. The number of rotatable bonds is 5. The molecule has 0 amide bonds. The van der Waals surface area contributed by atoms with Crippen molar-refractivity contribution < 1.29 is 0 Å². The fourth-order valence-corrected chi connectivity index (χ4v) is 3.08. The summed E-state index contributed by atoms with van der Waals surface area (Å²) < 4.78 is 0. The second-order valence-corrected chi connectivity index (χ2v) is 6.43. The van der Waals surface area contributed by atoms with E-state index in [1.54, 1.807) is 11.3 Å². The molecule has 0 aliphatic heterocycles. The van der Waals surface area contributed by atoms with Gasteiger partial charge in [0.15, 0.2) is 0 Å². The van der Waals surface area contributed by atoms with Crippen LogP contribution in [-0.2, 0) is 6.54 Å². The van der Waals surface area contributed by atoms with Crippen molar-refractivity contribution in [2.45, 2.75) is 32.4 Å². The van der Waals surface area contributed by atoms with E-state index in [9.17, 15) is 0 Å². The number of pyridine rings is 1. The number of thiophene rings is 1. The van der Waals surface area contributed by atoms with E-state index in [-0.39, 0.29) is 0 Å². The number of aromatic nitrogens is 1. The van der Waals surface area contributed by atoms with Gasteiger partial charge in [0.05, 0.1) is 0 Å². The monoisotopic (exact) mass is 303 g/mol. The Hall–Kier alpha value is -1.46. The molecule has 0 atom stereocenters. The third-order valence-corrected chi connectivity index (χ3v) is 4.41. The maximum absolute atomic E-state index is 5.77. The van der Waals surface area contributed by atoms with Gasteiger partial charge in [0.2, 0.25) is 0 Å². The van der Waals surface area contributed by atoms with Crippen LogP contribution in [0.1, 0.15) is 29.7 Å². The minimum atomic E-state index is 0.433. The van der Waals surface area contributed by atoms with Gasteiger partial charge in [-0.25, -0.2) is 4.98 Å². The molecule has 2 N–H and O–H groups in total. The minimum Gasteiger partial charge on any atom is -0.389 e. The van der Waals surface area contributed by atoms with Crippen molar-refractivity contribution in [2.24, 2.45) is 5.73 Å². The van der Waals surface area contributed by atoms with Crippen molar-refractivity contribution in [3.63, 3.8) is 0 Å². The summed E-state index contributed by atoms with van der Waals surface area (Å²) in [5.74, 6) is 0.988. The van der Waals surface area contributed by atoms with Crippen molar-refractivity contribution >= 4 is 34.4 Å². The molecule has 3 rings (SSSR count). The molecule has 2 aromatic rings. The summed E-state index contributed by atoms with van der Waals surface area (Å²) in [6, 6.07) is 6.73. The predicted octanol–water partition coefficient (Wildman–Crippen LogP) is 3.25. The number of nitrogens with two attached hydrogens (primary N) is 1. The van der Waals surface area contributed by atoms with E-state index in [4.69, 9.17) is 18.0 Å². The van der Waals surface area contributed by atoms with E-state index in [2.05, 4.69) is 26.7 Å². The van der Waals surface area contributed by atoms with Gasteiger partial charge in [-0.15, -0.1) is 0 Å². The summed E-state index contributed by atoms with van der Waals surface area (Å²) in [5, 5.41) is 4.31. The van der Waals surface area contributed by atoms with Crippen LogP contribution >= 0.6 is 23.6 Å². The summed E-state index contributed by atoms with van der Waals surface area (Å²) in [6.45, 7) is 2.89. The zero-order valence-corrected chi connectivity index (χ0v) is 13.0. The van der Waals surface area contributed by atoms with Crippen LogP contribution in [0.25, 0.3) is 0 Å². The smallest absolute Gasteiger partial charge is 0.130 e. The highest BCUT2D eigenvalue weighted by molar-refractivity contribution is 7.80. The Morgan fingerprint density at radius 1 is 1.50 bits per heavy atom. The lowest BCUT2D eigenvalue weighted by Gasteiger charge is -2.24. The Labute approximate surface area is 128 Å². The highest BCUT2D eigenvalue weighted by Crippen LogP contribution is 2.33. The molecule has 0 radical (unpaired) electrons. The van der Waals surface area contributed by atoms with E-state index in [1.807, 2.05) is 19.1 Å². The number of aryl methyl sites for hydroxylation is 1. The lowest BCUT2D eigenvalue weighted by atomic mass is 10.2. The summed E-state index contributed by atoms with van der Waals surface area (Å²) in [6.07, 6.45) is 2.48. The second-order valence-electron chi connectivity index (χ2n) is 5.21. The number of nitrogens with zero attached hydrogens (tertiary/aromatic N) is 2. The van der Waals surface area contributed by atoms with Gasteiger partial charge in [0.25, 0.3) is 0 Å². The summed E-state index contributed by atoms with van der Waals surface area (Å²) >= 11 is 6.83. The third-order valence-electron chi connectivity index (χ3n) is 3.44. The van der Waals surface area contributed by atoms with Crippen molar-refractivity contribution in [1.82, 2.24) is 4.98 Å². The first-order valence-electron chi connectivity index (χ1n) is 6.69. The van der Waals surface area contributed by atoms with Crippen LogP contribution in [-0.4, -0.2) is 16.0 Å². The standard InChI is InChI=1S/C15H17N3S2/c1-10-6-12(15(16)19)7-14(17-10)18(13-2-3-13)8-11-4-5-20-9-11/h4-7,9,13H,2-3,8H2,1H3,(H2,16,19). The van der Waals surface area contributed by atoms with E-state index >= 15 is 0 Å². The number of anilines is 1. The first-order chi connectivity index (χ1) is 9.63. The second kappa shape index (κ2) is 5.50. The molecule has 0 bridgehead atoms. The molecule has 0 unspecified atom stereocenters. The third kappa shape index (κ3) is 2.99. The molecule has 5 heteroatoms. The van der Waals surface area contributed by atoms with Gasteiger partial charge in [0.1, 0.15) is 10.8 Å². The van der Waals surface area contributed by atoms with Crippen LogP contribution in [0.15, 0.2) is 29.0 Å². The molecule has 0 saturated heterocycles. The maximum Gasteiger partial charge on any atom is 0.130 e. The fraction of sp³-hybridized carbons (Fsp3) is 0.333. The lowest BCUT2D eigenvalue weighted by Crippen LogP contribution is -2.26. The van der Waals surface area contributed by atoms with Crippen molar-refractivity contribution in [2.75, 3.05) is 4.90 Å². The largest absolute Gasteiger partial charge is 0.389 e. The zero-order valence-electron chi connectivity index (χ0n) is 11.4. The van der Waals surface area contributed by atoms with Gasteiger partial charge in [-0.2, -0.15) is 11.3 Å². The van der Waals surface area contributed by atoms with Crippen LogP contribution < -0.4 is 10.6 Å². The van der Waals surface area contributed by atoms with Gasteiger partial charge >= 0.3 is 0 Å². The lowest BCUT2D eigenvalue weighted by molar-refractivity contribution is 0.777. The Bertz CT molecular complexity index is 618. The van der Waals surface area contributed by atoms with E-state index in [1.165, 1.54) is 18.4 Å². The van der Waals surface area contributed by atoms with Crippen LogP contribution in [0.4, 0.5) is 5.82 Å². The molecule has 2 heterocycles. The van der Waals surface area contributed by atoms with Crippen molar-refractivity contribution in [1.29, 1.82) is 0 Å². The molecule has 2 aromatic heterocycles. The van der Waals surface area contributed by atoms with E-state index in [0.717, 1.165) is 23.6 Å². The van der Waals surface area contributed by atoms with E-state index < -0.39 is 0 Å². The number of thiocarbonyl (C=S) groups is 1. The molecule has 0 spiro atoms. The molecule has 1 aliphatic rings. The number of hydrogen-bond acceptors (Lipinski definition) is 4. The van der Waals surface area contributed by atoms with Gasteiger partial charge in [0, 0.05) is 23.8 Å². The maximum atomic E-state index is 5.77. The summed E-state index contributed by atoms with van der Waals surface area (Å²) in [5.41, 5.74) is 8.96. The van der Waals surface area contributed by atoms with Gasteiger partial charge in [-0.3, -0.25) is 0 Å². The molecule has 1 aliphatic carbocycles. The van der Waals surface area contributed by atoms with Crippen LogP contribution in [0.2, 0.25) is 0 Å². The quantitative estimate of drug-likeness (QED) is 0.861. The molecule has 3 nitrogen and oxygen atoms in total. The Kier molecular flexibility index (Phi) is 3.72. The van der Waals surface area contributed by atoms with Crippen LogP contribution in [0, 0.1) is 6.92 Å². The molecular formula is C15H17N3S2. The fourth-order valence-electron chi connectivity index (χ4n) is 2.30. The van der Waals surface area contributed by atoms with Crippen LogP contribution in [0.5, 0.6) is 0 Å². The van der Waals surface area contributed by atoms with Crippen LogP contribution in [0.3, 0.4) is 0 Å². The molecule has 0 aromatic carbocycles. The van der Waals surface area contributed by atoms with Gasteiger partial charge in [-0.05, 0) is 54.3 Å². The SMILES string of the molecule is Cc1cc(C(N)=S)cc(N(Cc2ccsc2)C2CC2)n1. The summed E-state index contributed by atoms with van der Waals surface area (Å²) in [7, 11) is 0. The van der Waals surface area contributed by atoms with Gasteiger partial charge in [-0.1, -0.05) is 12.2 Å². The Balaban J connectivity index is 1.93. The molecular weight excluding hydrogens is 286 g/mol. The normalized spacial score (nSPS) is 14.2. The Morgan fingerprint density at radius 2 is 2.30 bits per heavy atom. The van der Waals surface area contributed by atoms with E-state index in [0.29, 0.717) is 11.0 Å². The molecule has 1 saturated carbocycles. The number of hydrogen-bond donors (Lipinski definition) is 1. The molecule has 104 valence electrons. The summed E-state index contributed by atoms with van der Waals surface area (Å²) in [4.78, 5) is 7.48. The first kappa shape index (κ1) is 13.5. The zero-order chi connectivity index (χ0) is 14.1. The highest BCUT2D eigenvalue weighted by atomic mass is 32.1. The predicted molar refractivity (Wildman–Crippen MR) is 88.4 cm³/mol. The van der Waals surface area contributed by atoms with Crippen molar-refractivity contribution in [3.8, 4) is 0 Å². The van der Waals surface area contributed by atoms with Gasteiger partial charge < -0.3 is 10.6 Å². The minimum absolute atomic E-state index is 0.433. The molecule has 20 heavy (non-hydrogen) atoms. The topological polar surface area (TPSA) is 42.1 Å². The first-order valence-corrected chi connectivity index (χ1v) is 8.05.